The molecule has 0 fully saturated rings. The third-order valence-corrected chi connectivity index (χ3v) is 3.53. The first kappa shape index (κ1) is 14.5. The number of pyridine rings is 2. The Bertz CT molecular complexity index is 704. The van der Waals surface area contributed by atoms with Crippen LogP contribution in [0.5, 0.6) is 0 Å². The van der Waals surface area contributed by atoms with Crippen LogP contribution < -0.4 is 5.32 Å². The van der Waals surface area contributed by atoms with E-state index in [1.165, 1.54) is 0 Å². The van der Waals surface area contributed by atoms with Crippen molar-refractivity contribution in [3.05, 3.63) is 35.7 Å². The number of aromatic nitrogens is 2. The first-order valence-corrected chi connectivity index (χ1v) is 7.51. The van der Waals surface area contributed by atoms with Crippen molar-refractivity contribution in [2.45, 2.75) is 33.4 Å². The normalized spacial score (nSPS) is 13.4. The average molecular weight is 295 g/mol. The minimum Gasteiger partial charge on any atom is -0.368 e. The molecule has 0 amide bonds. The molecule has 0 aliphatic carbocycles. The molecule has 0 radical (unpaired) electrons. The molecular formula is C17H21N5. The molecule has 3 rings (SSSR count). The molecule has 3 heterocycles. The second-order valence-electron chi connectivity index (χ2n) is 6.00. The van der Waals surface area contributed by atoms with Gasteiger partial charge in [0.25, 0.3) is 0 Å². The highest BCUT2D eigenvalue weighted by molar-refractivity contribution is 5.75. The lowest BCUT2D eigenvalue weighted by Gasteiger charge is -2.24. The number of aryl methyl sites for hydroxylation is 1. The fraction of sp³-hybridized carbons (Fsp3) is 0.353. The Labute approximate surface area is 131 Å². The smallest absolute Gasteiger partial charge is 0.134 e. The van der Waals surface area contributed by atoms with Gasteiger partial charge < -0.3 is 10.2 Å². The van der Waals surface area contributed by atoms with E-state index in [-0.39, 0.29) is 0 Å². The molecule has 2 aromatic rings. The van der Waals surface area contributed by atoms with Gasteiger partial charge in [-0.25, -0.2) is 9.98 Å². The Kier molecular flexibility index (Phi) is 3.79. The fourth-order valence-electron chi connectivity index (χ4n) is 2.44. The standard InChI is InChI=1S/C17H21N5/c1-11(2)20-17-14-9-22(4)10-19-16(14)7-15(21-17)13-6-5-12(3)18-8-13/h5-8,10-11H,9H2,1-4H3,(H,20,21). The molecule has 0 saturated heterocycles. The Balaban J connectivity index is 2.10. The second-order valence-corrected chi connectivity index (χ2v) is 6.00. The van der Waals surface area contributed by atoms with Crippen molar-refractivity contribution in [3.8, 4) is 11.3 Å². The van der Waals surface area contributed by atoms with Gasteiger partial charge in [-0.1, -0.05) is 0 Å². The summed E-state index contributed by atoms with van der Waals surface area (Å²) in [6, 6.07) is 6.41. The van der Waals surface area contributed by atoms with Crippen LogP contribution in [-0.4, -0.2) is 34.3 Å². The quantitative estimate of drug-likeness (QED) is 0.943. The van der Waals surface area contributed by atoms with Crippen molar-refractivity contribution in [2.75, 3.05) is 12.4 Å². The van der Waals surface area contributed by atoms with Crippen LogP contribution in [0.1, 0.15) is 25.1 Å². The molecule has 2 aromatic heterocycles. The Morgan fingerprint density at radius 2 is 2.09 bits per heavy atom. The number of hydrogen-bond acceptors (Lipinski definition) is 5. The maximum Gasteiger partial charge on any atom is 0.134 e. The monoisotopic (exact) mass is 295 g/mol. The van der Waals surface area contributed by atoms with Gasteiger partial charge in [-0.15, -0.1) is 0 Å². The van der Waals surface area contributed by atoms with Crippen LogP contribution in [0.15, 0.2) is 29.4 Å². The summed E-state index contributed by atoms with van der Waals surface area (Å²) in [5, 5.41) is 3.44. The number of hydrogen-bond donors (Lipinski definition) is 1. The summed E-state index contributed by atoms with van der Waals surface area (Å²) in [5.74, 6) is 0.909. The highest BCUT2D eigenvalue weighted by Gasteiger charge is 2.18. The van der Waals surface area contributed by atoms with E-state index >= 15 is 0 Å². The lowest BCUT2D eigenvalue weighted by atomic mass is 10.1. The summed E-state index contributed by atoms with van der Waals surface area (Å²) in [6.07, 6.45) is 3.72. The molecule has 1 aliphatic rings. The van der Waals surface area contributed by atoms with E-state index in [9.17, 15) is 0 Å². The predicted molar refractivity (Wildman–Crippen MR) is 90.6 cm³/mol. The van der Waals surface area contributed by atoms with E-state index in [1.807, 2.05) is 38.6 Å². The first-order chi connectivity index (χ1) is 10.5. The second kappa shape index (κ2) is 5.75. The third kappa shape index (κ3) is 2.93. The zero-order valence-electron chi connectivity index (χ0n) is 13.5. The number of rotatable bonds is 3. The van der Waals surface area contributed by atoms with Crippen LogP contribution in [0.4, 0.5) is 11.5 Å². The third-order valence-electron chi connectivity index (χ3n) is 3.53. The number of nitrogens with one attached hydrogen (secondary N) is 1. The van der Waals surface area contributed by atoms with E-state index in [4.69, 9.17) is 4.98 Å². The minimum absolute atomic E-state index is 0.319. The van der Waals surface area contributed by atoms with Crippen molar-refractivity contribution in [1.29, 1.82) is 0 Å². The molecule has 22 heavy (non-hydrogen) atoms. The molecule has 114 valence electrons. The average Bonchev–Trinajstić information content (AvgIpc) is 2.48. The van der Waals surface area contributed by atoms with Crippen LogP contribution in [0.2, 0.25) is 0 Å². The van der Waals surface area contributed by atoms with Gasteiger partial charge in [-0.3, -0.25) is 4.98 Å². The lowest BCUT2D eigenvalue weighted by molar-refractivity contribution is 0.508. The van der Waals surface area contributed by atoms with Crippen LogP contribution in [0, 0.1) is 6.92 Å². The molecule has 0 spiro atoms. The zero-order valence-corrected chi connectivity index (χ0v) is 13.5. The van der Waals surface area contributed by atoms with Gasteiger partial charge in [0.15, 0.2) is 0 Å². The highest BCUT2D eigenvalue weighted by atomic mass is 15.2. The number of fused-ring (bicyclic) bond motifs is 1. The topological polar surface area (TPSA) is 53.4 Å². The maximum absolute atomic E-state index is 4.81. The summed E-state index contributed by atoms with van der Waals surface area (Å²) in [7, 11) is 2.02. The minimum atomic E-state index is 0.319. The van der Waals surface area contributed by atoms with E-state index in [1.54, 1.807) is 0 Å². The van der Waals surface area contributed by atoms with E-state index < -0.39 is 0 Å². The maximum atomic E-state index is 4.81. The summed E-state index contributed by atoms with van der Waals surface area (Å²) in [4.78, 5) is 15.8. The van der Waals surface area contributed by atoms with E-state index in [0.29, 0.717) is 6.04 Å². The molecule has 0 bridgehead atoms. The molecule has 0 aromatic carbocycles. The first-order valence-electron chi connectivity index (χ1n) is 7.51. The van der Waals surface area contributed by atoms with Gasteiger partial charge in [0.1, 0.15) is 5.82 Å². The van der Waals surface area contributed by atoms with Gasteiger partial charge in [0, 0.05) is 42.7 Å². The van der Waals surface area contributed by atoms with Crippen molar-refractivity contribution in [3.63, 3.8) is 0 Å². The van der Waals surface area contributed by atoms with Gasteiger partial charge in [0.2, 0.25) is 0 Å². The summed E-state index contributed by atoms with van der Waals surface area (Å²) in [6.45, 7) is 7.03. The molecule has 5 heteroatoms. The highest BCUT2D eigenvalue weighted by Crippen LogP contribution is 2.33. The van der Waals surface area contributed by atoms with Crippen LogP contribution in [0.25, 0.3) is 11.3 Å². The summed E-state index contributed by atoms with van der Waals surface area (Å²) < 4.78 is 0. The zero-order chi connectivity index (χ0) is 15.7. The number of anilines is 1. The number of nitrogens with zero attached hydrogens (tertiary/aromatic N) is 4. The van der Waals surface area contributed by atoms with Gasteiger partial charge in [-0.05, 0) is 39.0 Å². The molecule has 5 nitrogen and oxygen atoms in total. The SMILES string of the molecule is Cc1ccc(-c2cc3c(c(NC(C)C)n2)CN(C)C=N3)cn1. The summed E-state index contributed by atoms with van der Waals surface area (Å²) >= 11 is 0. The lowest BCUT2D eigenvalue weighted by Crippen LogP contribution is -2.22. The molecule has 0 saturated carbocycles. The van der Waals surface area contributed by atoms with Crippen LogP contribution in [-0.2, 0) is 6.54 Å². The summed E-state index contributed by atoms with van der Waals surface area (Å²) in [5.41, 5.74) is 5.03. The number of aliphatic imine (C=N–C) groups is 1. The largest absolute Gasteiger partial charge is 0.368 e. The van der Waals surface area contributed by atoms with E-state index in [0.717, 1.165) is 40.6 Å². The van der Waals surface area contributed by atoms with Crippen molar-refractivity contribution in [2.24, 2.45) is 4.99 Å². The van der Waals surface area contributed by atoms with Gasteiger partial charge in [0.05, 0.1) is 17.7 Å². The van der Waals surface area contributed by atoms with Gasteiger partial charge >= 0.3 is 0 Å². The van der Waals surface area contributed by atoms with Gasteiger partial charge in [-0.2, -0.15) is 0 Å². The molecule has 1 aliphatic heterocycles. The molecule has 0 unspecified atom stereocenters. The van der Waals surface area contributed by atoms with Crippen LogP contribution >= 0.6 is 0 Å². The van der Waals surface area contributed by atoms with Crippen molar-refractivity contribution in [1.82, 2.24) is 14.9 Å². The Morgan fingerprint density at radius 3 is 2.77 bits per heavy atom. The predicted octanol–water partition coefficient (Wildman–Crippen LogP) is 3.38. The van der Waals surface area contributed by atoms with Crippen molar-refractivity contribution >= 4 is 17.8 Å². The van der Waals surface area contributed by atoms with Crippen molar-refractivity contribution < 1.29 is 0 Å². The Morgan fingerprint density at radius 1 is 1.27 bits per heavy atom. The molecule has 0 atom stereocenters. The van der Waals surface area contributed by atoms with Crippen LogP contribution in [0.3, 0.4) is 0 Å². The fourth-order valence-corrected chi connectivity index (χ4v) is 2.44. The molecular weight excluding hydrogens is 274 g/mol. The van der Waals surface area contributed by atoms with E-state index in [2.05, 4.69) is 40.1 Å². The Hall–Kier alpha value is -2.43. The molecule has 1 N–H and O–H groups in total.